The lowest BCUT2D eigenvalue weighted by atomic mass is 10.1. The highest BCUT2D eigenvalue weighted by molar-refractivity contribution is 5.73. The molecule has 0 radical (unpaired) electrons. The van der Waals surface area contributed by atoms with E-state index >= 15 is 0 Å². The Bertz CT molecular complexity index is 509. The zero-order valence-electron chi connectivity index (χ0n) is 13.0. The van der Waals surface area contributed by atoms with Crippen LogP contribution in [0, 0.1) is 0 Å². The third-order valence-electron chi connectivity index (χ3n) is 2.81. The van der Waals surface area contributed by atoms with Gasteiger partial charge in [-0.15, -0.1) is 0 Å². The highest BCUT2D eigenvalue weighted by atomic mass is 16.6. The van der Waals surface area contributed by atoms with Gasteiger partial charge < -0.3 is 15.8 Å². The lowest BCUT2D eigenvalue weighted by Crippen LogP contribution is -2.33. The van der Waals surface area contributed by atoms with Crippen LogP contribution in [0.4, 0.5) is 10.5 Å². The molecule has 1 heterocycles. The summed E-state index contributed by atoms with van der Waals surface area (Å²) in [7, 11) is 1.50. The fraction of sp³-hybridized carbons (Fsp3) is 0.467. The molecule has 1 aromatic rings. The van der Waals surface area contributed by atoms with Gasteiger partial charge in [0, 0.05) is 18.8 Å². The normalized spacial score (nSPS) is 12.9. The molecule has 0 fully saturated rings. The summed E-state index contributed by atoms with van der Waals surface area (Å²) in [6.45, 7) is 6.60. The molecule has 0 aromatic heterocycles. The van der Waals surface area contributed by atoms with Gasteiger partial charge in [0.05, 0.1) is 0 Å². The van der Waals surface area contributed by atoms with E-state index in [2.05, 4.69) is 11.1 Å². The van der Waals surface area contributed by atoms with Crippen molar-refractivity contribution in [1.29, 1.82) is 0 Å². The molecule has 0 aliphatic carbocycles. The number of anilines is 1. The van der Waals surface area contributed by atoms with Crippen LogP contribution in [-0.2, 0) is 22.6 Å². The highest BCUT2D eigenvalue weighted by Crippen LogP contribution is 2.26. The van der Waals surface area contributed by atoms with Crippen LogP contribution in [0.2, 0.25) is 0 Å². The van der Waals surface area contributed by atoms with Gasteiger partial charge in [0.1, 0.15) is 5.60 Å². The molecule has 116 valence electrons. The van der Waals surface area contributed by atoms with Crippen LogP contribution in [0.5, 0.6) is 0 Å². The molecule has 0 unspecified atom stereocenters. The molecule has 2 amide bonds. The molecule has 3 N–H and O–H groups in total. The number of ether oxygens (including phenoxy) is 1. The van der Waals surface area contributed by atoms with Crippen molar-refractivity contribution in [3.8, 4) is 0 Å². The van der Waals surface area contributed by atoms with Crippen LogP contribution in [-0.4, -0.2) is 30.1 Å². The number of hydrogen-bond donors (Lipinski definition) is 2. The molecule has 0 saturated carbocycles. The van der Waals surface area contributed by atoms with Crippen molar-refractivity contribution in [2.45, 2.75) is 39.5 Å². The average molecular weight is 293 g/mol. The first-order valence-electron chi connectivity index (χ1n) is 6.77. The van der Waals surface area contributed by atoms with Crippen LogP contribution in [0.25, 0.3) is 0 Å². The van der Waals surface area contributed by atoms with Crippen molar-refractivity contribution >= 4 is 18.2 Å². The van der Waals surface area contributed by atoms with Crippen molar-refractivity contribution in [3.05, 3.63) is 29.3 Å². The van der Waals surface area contributed by atoms with Gasteiger partial charge in [-0.1, -0.05) is 6.07 Å². The number of hydrogen-bond acceptors (Lipinski definition) is 4. The number of amides is 2. The zero-order valence-corrected chi connectivity index (χ0v) is 13.0. The number of nitrogens with one attached hydrogen (secondary N) is 1. The molecule has 1 aliphatic rings. The number of fused-ring (bicyclic) bond motifs is 1. The minimum absolute atomic E-state index is 0.311. The summed E-state index contributed by atoms with van der Waals surface area (Å²) in [5.41, 5.74) is 6.87. The minimum atomic E-state index is -0.490. The Morgan fingerprint density at radius 3 is 2.48 bits per heavy atom. The first kappa shape index (κ1) is 17.0. The molecule has 1 aliphatic heterocycles. The second-order valence-corrected chi connectivity index (χ2v) is 5.58. The van der Waals surface area contributed by atoms with Gasteiger partial charge in [-0.2, -0.15) is 0 Å². The van der Waals surface area contributed by atoms with E-state index in [9.17, 15) is 9.59 Å². The maximum Gasteiger partial charge on any atom is 0.410 e. The van der Waals surface area contributed by atoms with Gasteiger partial charge in [0.15, 0.2) is 0 Å². The van der Waals surface area contributed by atoms with E-state index < -0.39 is 5.60 Å². The van der Waals surface area contributed by atoms with E-state index in [1.807, 2.05) is 39.0 Å². The lowest BCUT2D eigenvalue weighted by Gasteiger charge is -2.24. The predicted molar refractivity (Wildman–Crippen MR) is 81.7 cm³/mol. The first-order chi connectivity index (χ1) is 9.89. The van der Waals surface area contributed by atoms with Gasteiger partial charge in [-0.05, 0) is 51.1 Å². The van der Waals surface area contributed by atoms with Gasteiger partial charge >= 0.3 is 6.09 Å². The Morgan fingerprint density at radius 1 is 1.29 bits per heavy atom. The Labute approximate surface area is 125 Å². The summed E-state index contributed by atoms with van der Waals surface area (Å²) in [6, 6.07) is 5.63. The fourth-order valence-electron chi connectivity index (χ4n) is 2.01. The monoisotopic (exact) mass is 293 g/mol. The number of rotatable bonds is 2. The van der Waals surface area contributed by atoms with Gasteiger partial charge in [-0.3, -0.25) is 9.69 Å². The summed E-state index contributed by atoms with van der Waals surface area (Å²) in [5, 5.41) is 2.60. The van der Waals surface area contributed by atoms with Crippen molar-refractivity contribution in [2.75, 3.05) is 12.4 Å². The minimum Gasteiger partial charge on any atom is -0.444 e. The molecule has 0 spiro atoms. The van der Waals surface area contributed by atoms with E-state index in [4.69, 9.17) is 4.74 Å². The predicted octanol–water partition coefficient (Wildman–Crippen LogP) is 2.08. The molecular formula is C15H23N3O3. The molecule has 0 bridgehead atoms. The Morgan fingerprint density at radius 2 is 1.90 bits per heavy atom. The molecule has 2 rings (SSSR count). The molecule has 0 atom stereocenters. The standard InChI is InChI=1S/C14H18N2O3.CH5N/c1-14(2,3)19-13(18)16-7-10-4-5-12(15-9-17)6-11(10)8-16;1-2/h4-6,9H,7-8H2,1-3H3,(H,15,17);2H2,1H3. The maximum absolute atomic E-state index is 12.0. The summed E-state index contributed by atoms with van der Waals surface area (Å²) in [5.74, 6) is 0. The van der Waals surface area contributed by atoms with E-state index in [1.54, 1.807) is 4.90 Å². The lowest BCUT2D eigenvalue weighted by molar-refractivity contribution is -0.105. The van der Waals surface area contributed by atoms with E-state index in [-0.39, 0.29) is 6.09 Å². The molecule has 0 saturated heterocycles. The molecule has 6 nitrogen and oxygen atoms in total. The Hall–Kier alpha value is -2.08. The van der Waals surface area contributed by atoms with Crippen LogP contribution in [0.3, 0.4) is 0 Å². The smallest absolute Gasteiger partial charge is 0.410 e. The summed E-state index contributed by atoms with van der Waals surface area (Å²) in [4.78, 5) is 24.0. The summed E-state index contributed by atoms with van der Waals surface area (Å²) >= 11 is 0. The quantitative estimate of drug-likeness (QED) is 0.818. The maximum atomic E-state index is 12.0. The van der Waals surface area contributed by atoms with Crippen LogP contribution in [0.15, 0.2) is 18.2 Å². The summed E-state index contributed by atoms with van der Waals surface area (Å²) < 4.78 is 5.35. The average Bonchev–Trinajstić information content (AvgIpc) is 2.83. The second kappa shape index (κ2) is 7.08. The van der Waals surface area contributed by atoms with E-state index in [0.29, 0.717) is 19.5 Å². The van der Waals surface area contributed by atoms with Crippen molar-refractivity contribution < 1.29 is 14.3 Å². The Balaban J connectivity index is 0.00000106. The third kappa shape index (κ3) is 4.75. The Kier molecular flexibility index (Phi) is 5.72. The molecule has 1 aromatic carbocycles. The second-order valence-electron chi connectivity index (χ2n) is 5.58. The van der Waals surface area contributed by atoms with Crippen molar-refractivity contribution in [2.24, 2.45) is 5.73 Å². The zero-order chi connectivity index (χ0) is 16.0. The topological polar surface area (TPSA) is 84.7 Å². The van der Waals surface area contributed by atoms with Gasteiger partial charge in [0.25, 0.3) is 0 Å². The summed E-state index contributed by atoms with van der Waals surface area (Å²) in [6.07, 6.45) is 0.330. The van der Waals surface area contributed by atoms with Gasteiger partial charge in [0.2, 0.25) is 6.41 Å². The van der Waals surface area contributed by atoms with E-state index in [0.717, 1.165) is 16.8 Å². The number of carbonyl (C=O) groups is 2. The number of nitrogens with zero attached hydrogens (tertiary/aromatic N) is 1. The molecular weight excluding hydrogens is 270 g/mol. The first-order valence-corrected chi connectivity index (χ1v) is 6.77. The molecule has 21 heavy (non-hydrogen) atoms. The SMILES string of the molecule is CC(C)(C)OC(=O)N1Cc2ccc(NC=O)cc2C1.CN. The number of carbonyl (C=O) groups excluding carboxylic acids is 2. The number of benzene rings is 1. The van der Waals surface area contributed by atoms with Crippen molar-refractivity contribution in [3.63, 3.8) is 0 Å². The number of nitrogens with two attached hydrogens (primary N) is 1. The van der Waals surface area contributed by atoms with Gasteiger partial charge in [-0.25, -0.2) is 4.79 Å². The van der Waals surface area contributed by atoms with Crippen LogP contribution >= 0.6 is 0 Å². The van der Waals surface area contributed by atoms with E-state index in [1.165, 1.54) is 7.05 Å². The highest BCUT2D eigenvalue weighted by Gasteiger charge is 2.27. The van der Waals surface area contributed by atoms with Crippen LogP contribution < -0.4 is 11.1 Å². The van der Waals surface area contributed by atoms with Crippen LogP contribution in [0.1, 0.15) is 31.9 Å². The third-order valence-corrected chi connectivity index (χ3v) is 2.81. The fourth-order valence-corrected chi connectivity index (χ4v) is 2.01. The largest absolute Gasteiger partial charge is 0.444 e. The van der Waals surface area contributed by atoms with Crippen molar-refractivity contribution in [1.82, 2.24) is 4.90 Å². The molecule has 6 heteroatoms.